The molecule has 6 nitrogen and oxygen atoms in total. The molecule has 1 aromatic rings. The Hall–Kier alpha value is -2.18. The Morgan fingerprint density at radius 2 is 2.16 bits per heavy atom. The number of carboxylic acids is 1. The van der Waals surface area contributed by atoms with Crippen LogP contribution in [-0.4, -0.2) is 41.3 Å². The first kappa shape index (κ1) is 14.0. The van der Waals surface area contributed by atoms with E-state index >= 15 is 0 Å². The number of para-hydroxylation sites is 1. The van der Waals surface area contributed by atoms with Crippen LogP contribution in [0.4, 0.5) is 5.69 Å². The van der Waals surface area contributed by atoms with Crippen LogP contribution in [0.1, 0.15) is 18.1 Å². The molecule has 6 rings (SSSR count). The lowest BCUT2D eigenvalue weighted by molar-refractivity contribution is -0.146. The van der Waals surface area contributed by atoms with E-state index in [0.29, 0.717) is 6.61 Å². The molecule has 2 bridgehead atoms. The lowest BCUT2D eigenvalue weighted by Gasteiger charge is -2.43. The molecule has 1 amide bonds. The predicted molar refractivity (Wildman–Crippen MR) is 85.9 cm³/mol. The Morgan fingerprint density at radius 1 is 1.32 bits per heavy atom. The van der Waals surface area contributed by atoms with Gasteiger partial charge in [0, 0.05) is 23.8 Å². The predicted octanol–water partition coefficient (Wildman–Crippen LogP) is 1.52. The monoisotopic (exact) mass is 339 g/mol. The van der Waals surface area contributed by atoms with Gasteiger partial charge in [0.25, 0.3) is 0 Å². The second-order valence-corrected chi connectivity index (χ2v) is 7.59. The van der Waals surface area contributed by atoms with Gasteiger partial charge < -0.3 is 19.5 Å². The summed E-state index contributed by atoms with van der Waals surface area (Å²) >= 11 is 0. The number of benzene rings is 1. The van der Waals surface area contributed by atoms with Gasteiger partial charge in [0.2, 0.25) is 5.91 Å². The Labute approximate surface area is 144 Å². The summed E-state index contributed by atoms with van der Waals surface area (Å²) in [6.45, 7) is 0.651. The SMILES string of the molecule is O=C(O)[C@@H]1[C@H]2C(=O)N3c4ccccc4[C@@H]4OCC[C@@H]4[C@H]3[C@]23C=C[C@H]1O3. The van der Waals surface area contributed by atoms with Crippen molar-refractivity contribution in [2.24, 2.45) is 17.8 Å². The van der Waals surface area contributed by atoms with Gasteiger partial charge in [-0.15, -0.1) is 0 Å². The maximum atomic E-state index is 13.4. The molecule has 5 aliphatic rings. The highest BCUT2D eigenvalue weighted by Crippen LogP contribution is 2.62. The lowest BCUT2D eigenvalue weighted by Crippen LogP contribution is -2.53. The van der Waals surface area contributed by atoms with E-state index in [0.717, 1.165) is 17.7 Å². The number of rotatable bonds is 1. The average Bonchev–Trinajstić information content (AvgIpc) is 3.35. The van der Waals surface area contributed by atoms with Crippen LogP contribution in [0.15, 0.2) is 36.4 Å². The summed E-state index contributed by atoms with van der Waals surface area (Å²) < 4.78 is 12.2. The van der Waals surface area contributed by atoms with Crippen molar-refractivity contribution in [3.8, 4) is 0 Å². The highest BCUT2D eigenvalue weighted by Gasteiger charge is 2.74. The van der Waals surface area contributed by atoms with E-state index in [9.17, 15) is 14.7 Å². The molecular formula is C19H17NO5. The summed E-state index contributed by atoms with van der Waals surface area (Å²) in [6.07, 6.45) is 4.07. The molecule has 3 fully saturated rings. The number of aliphatic carboxylic acids is 1. The zero-order valence-corrected chi connectivity index (χ0v) is 13.4. The topological polar surface area (TPSA) is 76.1 Å². The van der Waals surface area contributed by atoms with Gasteiger partial charge in [-0.1, -0.05) is 30.4 Å². The molecule has 6 heteroatoms. The Kier molecular flexibility index (Phi) is 2.42. The fraction of sp³-hybridized carbons (Fsp3) is 0.474. The fourth-order valence-corrected chi connectivity index (χ4v) is 5.86. The first-order valence-electron chi connectivity index (χ1n) is 8.77. The van der Waals surface area contributed by atoms with Crippen molar-refractivity contribution in [1.82, 2.24) is 0 Å². The van der Waals surface area contributed by atoms with Crippen LogP contribution in [0.25, 0.3) is 0 Å². The lowest BCUT2D eigenvalue weighted by atomic mass is 9.70. The molecule has 128 valence electrons. The number of carbonyl (C=O) groups is 2. The molecule has 3 saturated heterocycles. The minimum Gasteiger partial charge on any atom is -0.481 e. The maximum Gasteiger partial charge on any atom is 0.310 e. The van der Waals surface area contributed by atoms with Gasteiger partial charge in [0.05, 0.1) is 24.2 Å². The van der Waals surface area contributed by atoms with Crippen molar-refractivity contribution < 1.29 is 24.2 Å². The summed E-state index contributed by atoms with van der Waals surface area (Å²) in [4.78, 5) is 27.0. The van der Waals surface area contributed by atoms with E-state index in [4.69, 9.17) is 9.47 Å². The number of nitrogens with zero attached hydrogens (tertiary/aromatic N) is 1. The van der Waals surface area contributed by atoms with Gasteiger partial charge in [-0.05, 0) is 12.5 Å². The van der Waals surface area contributed by atoms with Gasteiger partial charge in [-0.2, -0.15) is 0 Å². The van der Waals surface area contributed by atoms with Crippen LogP contribution in [-0.2, 0) is 19.1 Å². The molecule has 0 unspecified atom stereocenters. The quantitative estimate of drug-likeness (QED) is 0.785. The molecule has 5 heterocycles. The molecule has 0 aliphatic carbocycles. The average molecular weight is 339 g/mol. The largest absolute Gasteiger partial charge is 0.481 e. The van der Waals surface area contributed by atoms with E-state index < -0.39 is 29.5 Å². The molecule has 7 atom stereocenters. The van der Waals surface area contributed by atoms with E-state index in [1.165, 1.54) is 0 Å². The molecule has 25 heavy (non-hydrogen) atoms. The molecule has 0 radical (unpaired) electrons. The Balaban J connectivity index is 1.59. The number of hydrogen-bond donors (Lipinski definition) is 1. The number of carboxylic acid groups (broad SMARTS) is 1. The Morgan fingerprint density at radius 3 is 3.00 bits per heavy atom. The highest BCUT2D eigenvalue weighted by atomic mass is 16.5. The second kappa shape index (κ2) is 4.31. The minimum absolute atomic E-state index is 0.0571. The number of anilines is 1. The van der Waals surface area contributed by atoms with Crippen LogP contribution < -0.4 is 4.90 Å². The smallest absolute Gasteiger partial charge is 0.310 e. The third-order valence-corrected chi connectivity index (χ3v) is 6.66. The summed E-state index contributed by atoms with van der Waals surface area (Å²) in [5, 5.41) is 9.70. The normalized spacial score (nSPS) is 45.3. The number of ether oxygens (including phenoxy) is 2. The van der Waals surface area contributed by atoms with Crippen molar-refractivity contribution in [3.63, 3.8) is 0 Å². The molecule has 5 aliphatic heterocycles. The van der Waals surface area contributed by atoms with Crippen molar-refractivity contribution >= 4 is 17.6 Å². The van der Waals surface area contributed by atoms with E-state index in [1.54, 1.807) is 0 Å². The van der Waals surface area contributed by atoms with Gasteiger partial charge in [-0.25, -0.2) is 0 Å². The van der Waals surface area contributed by atoms with Gasteiger partial charge >= 0.3 is 5.97 Å². The van der Waals surface area contributed by atoms with Crippen LogP contribution in [0.5, 0.6) is 0 Å². The number of hydrogen-bond acceptors (Lipinski definition) is 4. The summed E-state index contributed by atoms with van der Waals surface area (Å²) in [5.74, 6) is -2.42. The number of amides is 1. The van der Waals surface area contributed by atoms with Crippen molar-refractivity contribution in [1.29, 1.82) is 0 Å². The summed E-state index contributed by atoms with van der Waals surface area (Å²) in [7, 11) is 0. The van der Waals surface area contributed by atoms with Crippen molar-refractivity contribution in [2.45, 2.75) is 30.3 Å². The van der Waals surface area contributed by atoms with Crippen LogP contribution in [0.3, 0.4) is 0 Å². The van der Waals surface area contributed by atoms with E-state index in [-0.39, 0.29) is 24.0 Å². The molecule has 1 aromatic carbocycles. The summed E-state index contributed by atoms with van der Waals surface area (Å²) in [5.41, 5.74) is 1.03. The molecule has 1 spiro atoms. The Bertz CT molecular complexity index is 850. The van der Waals surface area contributed by atoms with Crippen LogP contribution in [0.2, 0.25) is 0 Å². The van der Waals surface area contributed by atoms with Crippen LogP contribution in [0, 0.1) is 17.8 Å². The maximum absolute atomic E-state index is 13.4. The second-order valence-electron chi connectivity index (χ2n) is 7.59. The van der Waals surface area contributed by atoms with E-state index in [2.05, 4.69) is 0 Å². The minimum atomic E-state index is -0.957. The van der Waals surface area contributed by atoms with Crippen molar-refractivity contribution in [3.05, 3.63) is 42.0 Å². The fourth-order valence-electron chi connectivity index (χ4n) is 5.86. The van der Waals surface area contributed by atoms with Crippen LogP contribution >= 0.6 is 0 Å². The number of fused-ring (bicyclic) bond motifs is 7. The first-order chi connectivity index (χ1) is 12.1. The zero-order chi connectivity index (χ0) is 16.9. The third kappa shape index (κ3) is 1.42. The van der Waals surface area contributed by atoms with Gasteiger partial charge in [0.1, 0.15) is 11.5 Å². The zero-order valence-electron chi connectivity index (χ0n) is 13.4. The molecule has 0 saturated carbocycles. The van der Waals surface area contributed by atoms with Gasteiger partial charge in [0.15, 0.2) is 0 Å². The van der Waals surface area contributed by atoms with Crippen molar-refractivity contribution in [2.75, 3.05) is 11.5 Å². The first-order valence-corrected chi connectivity index (χ1v) is 8.77. The van der Waals surface area contributed by atoms with E-state index in [1.807, 2.05) is 41.3 Å². The highest BCUT2D eigenvalue weighted by molar-refractivity contribution is 6.04. The third-order valence-electron chi connectivity index (χ3n) is 6.66. The molecular weight excluding hydrogens is 322 g/mol. The number of carbonyl (C=O) groups excluding carboxylic acids is 1. The molecule has 0 aromatic heterocycles. The molecule has 1 N–H and O–H groups in total. The van der Waals surface area contributed by atoms with Gasteiger partial charge in [-0.3, -0.25) is 9.59 Å². The summed E-state index contributed by atoms with van der Waals surface area (Å²) in [6, 6.07) is 7.61. The standard InChI is InChI=1S/C19H17NO5/c21-17-14-13(18(22)23)12-5-7-19(14,25-12)16-10-6-8-24-15(10)9-3-1-2-4-11(9)20(16)17/h1-5,7,10,12-16H,6,8H2,(H,22,23)/t10-,12+,13-,14-,15-,16-,19-/m0/s1.